The average molecular weight is 319 g/mol. The number of unbranched alkanes of at least 4 members (excludes halogenated alkanes) is 2. The van der Waals surface area contributed by atoms with Crippen molar-refractivity contribution in [2.24, 2.45) is 5.92 Å². The molecule has 0 aliphatic heterocycles. The lowest BCUT2D eigenvalue weighted by Crippen LogP contribution is -2.10. The van der Waals surface area contributed by atoms with E-state index in [0.717, 1.165) is 24.3 Å². The van der Waals surface area contributed by atoms with Crippen LogP contribution in [0, 0.1) is 5.92 Å². The molecular formula is C14H25NO3S2. The molecule has 0 atom stereocenters. The molecule has 1 aromatic rings. The van der Waals surface area contributed by atoms with Gasteiger partial charge in [0, 0.05) is 12.0 Å². The zero-order chi connectivity index (χ0) is 15.0. The monoisotopic (exact) mass is 319 g/mol. The molecule has 1 rings (SSSR count). The number of aromatic nitrogens is 1. The molecule has 0 aromatic carbocycles. The topological polar surface area (TPSA) is 67.3 Å². The molecule has 0 radical (unpaired) electrons. The van der Waals surface area contributed by atoms with Crippen LogP contribution in [-0.2, 0) is 22.0 Å². The van der Waals surface area contributed by atoms with Crippen LogP contribution in [0.3, 0.4) is 0 Å². The molecule has 0 fully saturated rings. The summed E-state index contributed by atoms with van der Waals surface area (Å²) >= 11 is 1.56. The number of hydrogen-bond acceptors (Lipinski definition) is 5. The molecule has 0 bridgehead atoms. The first-order chi connectivity index (χ1) is 9.43. The van der Waals surface area contributed by atoms with E-state index in [1.807, 2.05) is 5.38 Å². The summed E-state index contributed by atoms with van der Waals surface area (Å²) in [4.78, 5) is 4.41. The van der Waals surface area contributed by atoms with E-state index in [1.165, 1.54) is 0 Å². The molecule has 0 saturated carbocycles. The molecule has 1 heterocycles. The molecule has 20 heavy (non-hydrogen) atoms. The first-order valence-electron chi connectivity index (χ1n) is 7.17. The van der Waals surface area contributed by atoms with E-state index in [0.29, 0.717) is 24.5 Å². The molecule has 0 amide bonds. The molecule has 1 aromatic heterocycles. The number of hydrogen-bond donors (Lipinski definition) is 1. The molecule has 0 unspecified atom stereocenters. The number of thiazole rings is 1. The van der Waals surface area contributed by atoms with Crippen molar-refractivity contribution in [3.63, 3.8) is 0 Å². The minimum Gasteiger partial charge on any atom is -0.396 e. The van der Waals surface area contributed by atoms with Gasteiger partial charge in [0.25, 0.3) is 0 Å². The second-order valence-corrected chi connectivity index (χ2v) is 8.67. The van der Waals surface area contributed by atoms with Crippen molar-refractivity contribution in [2.75, 3.05) is 12.4 Å². The van der Waals surface area contributed by atoms with Crippen molar-refractivity contribution in [3.8, 4) is 0 Å². The first kappa shape index (κ1) is 17.6. The van der Waals surface area contributed by atoms with Crippen LogP contribution in [0.15, 0.2) is 5.38 Å². The summed E-state index contributed by atoms with van der Waals surface area (Å²) in [6.45, 7) is 4.47. The average Bonchev–Trinajstić information content (AvgIpc) is 2.79. The Morgan fingerprint density at radius 1 is 1.30 bits per heavy atom. The standard InChI is InChI=1S/C14H25NO3S2/c1-12(2)6-7-14-15-13(10-19-14)11-20(17,18)9-5-3-4-8-16/h10,12,16H,3-9,11H2,1-2H3. The van der Waals surface area contributed by atoms with Crippen LogP contribution in [0.5, 0.6) is 0 Å². The molecular weight excluding hydrogens is 294 g/mol. The van der Waals surface area contributed by atoms with Gasteiger partial charge in [-0.1, -0.05) is 20.3 Å². The van der Waals surface area contributed by atoms with E-state index in [9.17, 15) is 8.42 Å². The Balaban J connectivity index is 2.42. The third kappa shape index (κ3) is 7.36. The lowest BCUT2D eigenvalue weighted by atomic mass is 10.1. The Morgan fingerprint density at radius 3 is 2.70 bits per heavy atom. The molecule has 0 saturated heterocycles. The quantitative estimate of drug-likeness (QED) is 0.673. The van der Waals surface area contributed by atoms with Gasteiger partial charge in [-0.25, -0.2) is 13.4 Å². The van der Waals surface area contributed by atoms with Crippen molar-refractivity contribution in [1.82, 2.24) is 4.98 Å². The second kappa shape index (κ2) is 8.74. The van der Waals surface area contributed by atoms with Gasteiger partial charge in [-0.15, -0.1) is 11.3 Å². The fourth-order valence-electron chi connectivity index (χ4n) is 1.85. The van der Waals surface area contributed by atoms with Gasteiger partial charge in [-0.2, -0.15) is 0 Å². The van der Waals surface area contributed by atoms with Crippen molar-refractivity contribution in [1.29, 1.82) is 0 Å². The smallest absolute Gasteiger partial charge is 0.156 e. The van der Waals surface area contributed by atoms with E-state index >= 15 is 0 Å². The van der Waals surface area contributed by atoms with Crippen molar-refractivity contribution < 1.29 is 13.5 Å². The summed E-state index contributed by atoms with van der Waals surface area (Å²) < 4.78 is 23.9. The fourth-order valence-corrected chi connectivity index (χ4v) is 4.16. The van der Waals surface area contributed by atoms with E-state index in [2.05, 4.69) is 18.8 Å². The highest BCUT2D eigenvalue weighted by molar-refractivity contribution is 7.90. The molecule has 0 aliphatic carbocycles. The highest BCUT2D eigenvalue weighted by atomic mass is 32.2. The predicted octanol–water partition coefficient (Wildman–Crippen LogP) is 2.81. The van der Waals surface area contributed by atoms with Crippen LogP contribution < -0.4 is 0 Å². The van der Waals surface area contributed by atoms with Crippen molar-refractivity contribution in [3.05, 3.63) is 16.1 Å². The summed E-state index contributed by atoms with van der Waals surface area (Å²) in [6, 6.07) is 0. The van der Waals surface area contributed by atoms with Crippen LogP contribution in [0.1, 0.15) is 50.2 Å². The SMILES string of the molecule is CC(C)CCc1nc(CS(=O)(=O)CCCCCO)cs1. The third-order valence-electron chi connectivity index (χ3n) is 3.02. The number of aliphatic hydroxyl groups excluding tert-OH is 1. The van der Waals surface area contributed by atoms with Crippen LogP contribution in [0.2, 0.25) is 0 Å². The van der Waals surface area contributed by atoms with Crippen LogP contribution in [-0.4, -0.2) is 30.9 Å². The lowest BCUT2D eigenvalue weighted by molar-refractivity contribution is 0.284. The molecule has 0 spiro atoms. The van der Waals surface area contributed by atoms with Gasteiger partial charge >= 0.3 is 0 Å². The van der Waals surface area contributed by atoms with E-state index in [4.69, 9.17) is 5.11 Å². The minimum absolute atomic E-state index is 0.0459. The Kier molecular flexibility index (Phi) is 7.69. The summed E-state index contributed by atoms with van der Waals surface area (Å²) in [7, 11) is -3.07. The fraction of sp³-hybridized carbons (Fsp3) is 0.786. The van der Waals surface area contributed by atoms with Gasteiger partial charge in [0.05, 0.1) is 22.2 Å². The van der Waals surface area contributed by atoms with Gasteiger partial charge in [0.15, 0.2) is 9.84 Å². The maximum Gasteiger partial charge on any atom is 0.156 e. The Labute approximate surface area is 126 Å². The summed E-state index contributed by atoms with van der Waals surface area (Å²) in [5, 5.41) is 11.6. The maximum absolute atomic E-state index is 11.9. The number of rotatable bonds is 10. The molecule has 1 N–H and O–H groups in total. The Hall–Kier alpha value is -0.460. The highest BCUT2D eigenvalue weighted by Crippen LogP contribution is 2.17. The summed E-state index contributed by atoms with van der Waals surface area (Å²) in [5.41, 5.74) is 0.677. The molecule has 116 valence electrons. The van der Waals surface area contributed by atoms with Gasteiger partial charge < -0.3 is 5.11 Å². The predicted molar refractivity (Wildman–Crippen MR) is 83.7 cm³/mol. The van der Waals surface area contributed by atoms with Gasteiger partial charge in [-0.05, 0) is 31.6 Å². The van der Waals surface area contributed by atoms with E-state index in [-0.39, 0.29) is 18.1 Å². The molecule has 6 heteroatoms. The first-order valence-corrected chi connectivity index (χ1v) is 9.87. The normalized spacial score (nSPS) is 12.2. The number of aliphatic hydroxyl groups is 1. The van der Waals surface area contributed by atoms with Crippen LogP contribution in [0.4, 0.5) is 0 Å². The van der Waals surface area contributed by atoms with Crippen molar-refractivity contribution in [2.45, 2.75) is 51.7 Å². The van der Waals surface area contributed by atoms with Crippen molar-refractivity contribution >= 4 is 21.2 Å². The van der Waals surface area contributed by atoms with E-state index in [1.54, 1.807) is 11.3 Å². The summed E-state index contributed by atoms with van der Waals surface area (Å²) in [6.07, 6.45) is 4.06. The third-order valence-corrected chi connectivity index (χ3v) is 5.62. The summed E-state index contributed by atoms with van der Waals surface area (Å²) in [5.74, 6) is 0.869. The molecule has 0 aliphatic rings. The van der Waals surface area contributed by atoms with Gasteiger partial charge in [0.1, 0.15) is 0 Å². The van der Waals surface area contributed by atoms with E-state index < -0.39 is 9.84 Å². The van der Waals surface area contributed by atoms with Gasteiger partial charge in [-0.3, -0.25) is 0 Å². The number of sulfone groups is 1. The molecule has 4 nitrogen and oxygen atoms in total. The number of aryl methyl sites for hydroxylation is 1. The van der Waals surface area contributed by atoms with Crippen LogP contribution in [0.25, 0.3) is 0 Å². The van der Waals surface area contributed by atoms with Crippen LogP contribution >= 0.6 is 11.3 Å². The second-order valence-electron chi connectivity index (χ2n) is 5.54. The Morgan fingerprint density at radius 2 is 2.05 bits per heavy atom. The lowest BCUT2D eigenvalue weighted by Gasteiger charge is -2.02. The maximum atomic E-state index is 11.9. The largest absolute Gasteiger partial charge is 0.396 e. The Bertz CT molecular complexity index is 480. The zero-order valence-corrected chi connectivity index (χ0v) is 14.0. The number of nitrogens with zero attached hydrogens (tertiary/aromatic N) is 1. The minimum atomic E-state index is -3.07. The highest BCUT2D eigenvalue weighted by Gasteiger charge is 2.14. The van der Waals surface area contributed by atoms with Gasteiger partial charge in [0.2, 0.25) is 0 Å². The zero-order valence-electron chi connectivity index (χ0n) is 12.3.